The minimum Gasteiger partial charge on any atom is -0.361 e. The van der Waals surface area contributed by atoms with Gasteiger partial charge in [0.1, 0.15) is 0 Å². The van der Waals surface area contributed by atoms with E-state index in [-0.39, 0.29) is 17.7 Å². The van der Waals surface area contributed by atoms with Gasteiger partial charge in [-0.1, -0.05) is 36.4 Å². The smallest absolute Gasteiger partial charge is 0.257 e. The van der Waals surface area contributed by atoms with Crippen LogP contribution < -0.4 is 10.6 Å². The third-order valence-corrected chi connectivity index (χ3v) is 6.71. The first kappa shape index (κ1) is 19.5. The third-order valence-electron chi connectivity index (χ3n) is 5.66. The summed E-state index contributed by atoms with van der Waals surface area (Å²) in [6, 6.07) is 17.2. The Bertz CT molecular complexity index is 1240. The summed E-state index contributed by atoms with van der Waals surface area (Å²) >= 11 is 1.46. The van der Waals surface area contributed by atoms with Gasteiger partial charge in [0.05, 0.1) is 11.6 Å². The molecule has 4 aromatic rings. The normalized spacial score (nSPS) is 15.0. The summed E-state index contributed by atoms with van der Waals surface area (Å²) in [4.78, 5) is 34.1. The van der Waals surface area contributed by atoms with E-state index in [0.717, 1.165) is 35.4 Å². The number of amides is 2. The Hall–Kier alpha value is -3.45. The summed E-state index contributed by atoms with van der Waals surface area (Å²) in [5.74, 6) is -0.436. The average Bonchev–Trinajstić information content (AvgIpc) is 3.49. The van der Waals surface area contributed by atoms with Crippen LogP contribution in [0, 0.1) is 0 Å². The number of fused-ring (bicyclic) bond motifs is 2. The van der Waals surface area contributed by atoms with Crippen molar-refractivity contribution < 1.29 is 9.59 Å². The van der Waals surface area contributed by atoms with E-state index in [1.807, 2.05) is 42.6 Å². The Kier molecular flexibility index (Phi) is 5.26. The Balaban J connectivity index is 1.20. The average molecular weight is 431 g/mol. The number of aromatic nitrogens is 2. The number of rotatable bonds is 6. The van der Waals surface area contributed by atoms with Gasteiger partial charge in [0.25, 0.3) is 5.91 Å². The molecule has 0 spiro atoms. The summed E-state index contributed by atoms with van der Waals surface area (Å²) in [5.41, 5.74) is 3.70. The van der Waals surface area contributed by atoms with E-state index in [2.05, 4.69) is 26.7 Å². The van der Waals surface area contributed by atoms with E-state index >= 15 is 0 Å². The molecule has 2 heterocycles. The molecule has 7 heteroatoms. The van der Waals surface area contributed by atoms with Crippen molar-refractivity contribution in [3.05, 3.63) is 82.5 Å². The molecular formula is C24H22N4O2S. The molecule has 31 heavy (non-hydrogen) atoms. The van der Waals surface area contributed by atoms with Crippen LogP contribution in [0.3, 0.4) is 0 Å². The Morgan fingerprint density at radius 3 is 2.77 bits per heavy atom. The van der Waals surface area contributed by atoms with Gasteiger partial charge in [-0.2, -0.15) is 0 Å². The van der Waals surface area contributed by atoms with Crippen molar-refractivity contribution >= 4 is 39.2 Å². The number of H-pyrrole nitrogens is 1. The molecule has 1 aliphatic carbocycles. The van der Waals surface area contributed by atoms with Crippen molar-refractivity contribution in [2.24, 2.45) is 0 Å². The number of aryl methyl sites for hydroxylation is 1. The topological polar surface area (TPSA) is 86.9 Å². The molecule has 0 radical (unpaired) electrons. The molecule has 0 bridgehead atoms. The molecule has 5 rings (SSSR count). The van der Waals surface area contributed by atoms with E-state index in [0.29, 0.717) is 17.2 Å². The zero-order valence-corrected chi connectivity index (χ0v) is 17.7. The fraction of sp³-hybridized carbons (Fsp3) is 0.208. The first-order valence-electron chi connectivity index (χ1n) is 10.4. The van der Waals surface area contributed by atoms with E-state index in [1.165, 1.54) is 22.3 Å². The molecule has 2 aromatic heterocycles. The molecule has 1 aliphatic rings. The fourth-order valence-corrected chi connectivity index (χ4v) is 5.11. The van der Waals surface area contributed by atoms with Gasteiger partial charge < -0.3 is 10.3 Å². The zero-order chi connectivity index (χ0) is 21.2. The molecule has 2 amide bonds. The second-order valence-electron chi connectivity index (χ2n) is 7.64. The van der Waals surface area contributed by atoms with E-state index in [1.54, 1.807) is 12.1 Å². The summed E-state index contributed by atoms with van der Waals surface area (Å²) < 4.78 is 0. The third kappa shape index (κ3) is 3.96. The largest absolute Gasteiger partial charge is 0.361 e. The molecule has 156 valence electrons. The number of nitrogens with one attached hydrogen (secondary N) is 3. The number of para-hydroxylation sites is 1. The number of hydrogen-bond donors (Lipinski definition) is 3. The van der Waals surface area contributed by atoms with Crippen LogP contribution in [-0.2, 0) is 17.6 Å². The lowest BCUT2D eigenvalue weighted by Crippen LogP contribution is -2.30. The maximum absolute atomic E-state index is 12.8. The van der Waals surface area contributed by atoms with Crippen LogP contribution in [0.25, 0.3) is 10.9 Å². The van der Waals surface area contributed by atoms with Gasteiger partial charge in [-0.3, -0.25) is 14.9 Å². The number of nitrogens with zero attached hydrogens (tertiary/aromatic N) is 1. The van der Waals surface area contributed by atoms with Crippen molar-refractivity contribution in [2.75, 3.05) is 11.9 Å². The van der Waals surface area contributed by atoms with Crippen molar-refractivity contribution in [2.45, 2.75) is 25.2 Å². The summed E-state index contributed by atoms with van der Waals surface area (Å²) in [5, 5.41) is 7.67. The fourth-order valence-electron chi connectivity index (χ4n) is 4.08. The summed E-state index contributed by atoms with van der Waals surface area (Å²) in [6.45, 7) is 0.578. The lowest BCUT2D eigenvalue weighted by atomic mass is 10.1. The Labute approximate surface area is 183 Å². The van der Waals surface area contributed by atoms with Crippen LogP contribution >= 0.6 is 11.3 Å². The molecule has 1 atom stereocenters. The van der Waals surface area contributed by atoms with Crippen LogP contribution in [-0.4, -0.2) is 28.3 Å². The minimum atomic E-state index is -0.253. The van der Waals surface area contributed by atoms with Crippen LogP contribution in [0.1, 0.15) is 38.8 Å². The highest BCUT2D eigenvalue weighted by Gasteiger charge is 2.32. The SMILES string of the molecule is O=C(Nc1nc2c(s1)CC[C@@H]2C(=O)NCCc1c[nH]c2ccccc12)c1ccccc1. The first-order chi connectivity index (χ1) is 15.2. The molecule has 0 saturated carbocycles. The van der Waals surface area contributed by atoms with Gasteiger partial charge in [0, 0.05) is 34.1 Å². The highest BCUT2D eigenvalue weighted by atomic mass is 32.1. The van der Waals surface area contributed by atoms with Crippen LogP contribution in [0.2, 0.25) is 0 Å². The van der Waals surface area contributed by atoms with Crippen molar-refractivity contribution in [1.82, 2.24) is 15.3 Å². The lowest BCUT2D eigenvalue weighted by molar-refractivity contribution is -0.122. The van der Waals surface area contributed by atoms with Crippen molar-refractivity contribution in [3.8, 4) is 0 Å². The second-order valence-corrected chi connectivity index (χ2v) is 8.72. The van der Waals surface area contributed by atoms with Gasteiger partial charge in [0.2, 0.25) is 5.91 Å². The first-order valence-corrected chi connectivity index (χ1v) is 11.2. The molecule has 0 fully saturated rings. The second kappa shape index (κ2) is 8.35. The Morgan fingerprint density at radius 2 is 1.90 bits per heavy atom. The lowest BCUT2D eigenvalue weighted by Gasteiger charge is -2.10. The number of hydrogen-bond acceptors (Lipinski definition) is 4. The number of carbonyl (C=O) groups excluding carboxylic acids is 2. The number of carbonyl (C=O) groups is 2. The number of benzene rings is 2. The maximum atomic E-state index is 12.8. The van der Waals surface area contributed by atoms with Crippen molar-refractivity contribution in [3.63, 3.8) is 0 Å². The van der Waals surface area contributed by atoms with Gasteiger partial charge in [0.15, 0.2) is 5.13 Å². The molecule has 6 nitrogen and oxygen atoms in total. The van der Waals surface area contributed by atoms with Crippen LogP contribution in [0.5, 0.6) is 0 Å². The number of aromatic amines is 1. The molecule has 2 aromatic carbocycles. The number of anilines is 1. The van der Waals surface area contributed by atoms with Crippen LogP contribution in [0.15, 0.2) is 60.8 Å². The van der Waals surface area contributed by atoms with Gasteiger partial charge in [-0.15, -0.1) is 11.3 Å². The molecule has 0 unspecified atom stereocenters. The standard InChI is InChI=1S/C24H22N4O2S/c29-22(15-6-2-1-3-7-15)28-24-27-21-18(10-11-20(21)31-24)23(30)25-13-12-16-14-26-19-9-5-4-8-17(16)19/h1-9,14,18,26H,10-13H2,(H,25,30)(H,27,28,29)/t18-/m0/s1. The Morgan fingerprint density at radius 1 is 1.10 bits per heavy atom. The van der Waals surface area contributed by atoms with Gasteiger partial charge in [-0.05, 0) is 43.0 Å². The van der Waals surface area contributed by atoms with Crippen LogP contribution in [0.4, 0.5) is 5.13 Å². The highest BCUT2D eigenvalue weighted by Crippen LogP contribution is 2.38. The van der Waals surface area contributed by atoms with E-state index in [4.69, 9.17) is 0 Å². The highest BCUT2D eigenvalue weighted by molar-refractivity contribution is 7.16. The predicted molar refractivity (Wildman–Crippen MR) is 123 cm³/mol. The quantitative estimate of drug-likeness (QED) is 0.427. The molecular weight excluding hydrogens is 408 g/mol. The monoisotopic (exact) mass is 430 g/mol. The van der Waals surface area contributed by atoms with E-state index in [9.17, 15) is 9.59 Å². The number of thiazole rings is 1. The van der Waals surface area contributed by atoms with Gasteiger partial charge >= 0.3 is 0 Å². The molecule has 0 saturated heterocycles. The van der Waals surface area contributed by atoms with E-state index < -0.39 is 0 Å². The van der Waals surface area contributed by atoms with Crippen molar-refractivity contribution in [1.29, 1.82) is 0 Å². The summed E-state index contributed by atoms with van der Waals surface area (Å²) in [7, 11) is 0. The molecule has 3 N–H and O–H groups in total. The maximum Gasteiger partial charge on any atom is 0.257 e. The molecule has 0 aliphatic heterocycles. The predicted octanol–water partition coefficient (Wildman–Crippen LogP) is 4.27. The minimum absolute atomic E-state index is 0.00447. The van der Waals surface area contributed by atoms with Gasteiger partial charge in [-0.25, -0.2) is 4.98 Å². The summed E-state index contributed by atoms with van der Waals surface area (Å²) in [6.07, 6.45) is 4.35. The zero-order valence-electron chi connectivity index (χ0n) is 16.9.